The van der Waals surface area contributed by atoms with E-state index in [1.54, 1.807) is 5.38 Å². The van der Waals surface area contributed by atoms with E-state index in [1.807, 2.05) is 0 Å². The molecule has 3 nitrogen and oxygen atoms in total. The molecule has 1 heterocycles. The number of Topliss-reactive ketones (excluding diaryl/α,β-unsaturated/α-hetero) is 1. The van der Waals surface area contributed by atoms with E-state index in [-0.39, 0.29) is 5.78 Å². The SMILES string of the molecule is NCCC(=O)c1csc(Br)n1. The molecule has 2 N–H and O–H groups in total. The van der Waals surface area contributed by atoms with Crippen LogP contribution >= 0.6 is 27.3 Å². The summed E-state index contributed by atoms with van der Waals surface area (Å²) in [7, 11) is 0. The van der Waals surface area contributed by atoms with E-state index in [2.05, 4.69) is 20.9 Å². The second kappa shape index (κ2) is 3.94. The van der Waals surface area contributed by atoms with Gasteiger partial charge in [0.15, 0.2) is 9.70 Å². The van der Waals surface area contributed by atoms with Crippen molar-refractivity contribution in [3.8, 4) is 0 Å². The van der Waals surface area contributed by atoms with Gasteiger partial charge in [-0.25, -0.2) is 4.98 Å². The number of halogens is 1. The maximum Gasteiger partial charge on any atom is 0.183 e. The van der Waals surface area contributed by atoms with Gasteiger partial charge in [0.2, 0.25) is 0 Å². The van der Waals surface area contributed by atoms with Gasteiger partial charge in [0, 0.05) is 11.8 Å². The van der Waals surface area contributed by atoms with E-state index in [0.717, 1.165) is 3.92 Å². The molecule has 1 aromatic rings. The minimum absolute atomic E-state index is 0.00875. The van der Waals surface area contributed by atoms with E-state index in [4.69, 9.17) is 5.73 Å². The third-order valence-corrected chi connectivity index (χ3v) is 2.50. The van der Waals surface area contributed by atoms with Gasteiger partial charge in [0.05, 0.1) is 0 Å². The Morgan fingerprint density at radius 2 is 2.55 bits per heavy atom. The van der Waals surface area contributed by atoms with Crippen LogP contribution < -0.4 is 5.73 Å². The zero-order valence-electron chi connectivity index (χ0n) is 5.71. The average molecular weight is 235 g/mol. The Hall–Kier alpha value is -0.260. The average Bonchev–Trinajstić information content (AvgIpc) is 2.36. The largest absolute Gasteiger partial charge is 0.330 e. The van der Waals surface area contributed by atoms with Crippen molar-refractivity contribution >= 4 is 33.0 Å². The first-order chi connectivity index (χ1) is 5.24. The fraction of sp³-hybridized carbons (Fsp3) is 0.333. The van der Waals surface area contributed by atoms with Gasteiger partial charge in [-0.1, -0.05) is 0 Å². The smallest absolute Gasteiger partial charge is 0.183 e. The first-order valence-electron chi connectivity index (χ1n) is 3.08. The van der Waals surface area contributed by atoms with Crippen LogP contribution in [0.1, 0.15) is 16.9 Å². The molecule has 1 aromatic heterocycles. The maximum absolute atomic E-state index is 11.1. The van der Waals surface area contributed by atoms with Crippen molar-refractivity contribution in [1.82, 2.24) is 4.98 Å². The third-order valence-electron chi connectivity index (χ3n) is 1.13. The van der Waals surface area contributed by atoms with Crippen LogP contribution in [-0.2, 0) is 0 Å². The zero-order chi connectivity index (χ0) is 8.27. The number of ketones is 1. The van der Waals surface area contributed by atoms with Crippen molar-refractivity contribution in [2.24, 2.45) is 5.73 Å². The molecule has 0 aliphatic carbocycles. The van der Waals surface area contributed by atoms with Crippen molar-refractivity contribution in [1.29, 1.82) is 0 Å². The number of hydrogen-bond acceptors (Lipinski definition) is 4. The molecule has 60 valence electrons. The molecule has 0 saturated carbocycles. The summed E-state index contributed by atoms with van der Waals surface area (Å²) in [4.78, 5) is 15.1. The Labute approximate surface area is 76.8 Å². The summed E-state index contributed by atoms with van der Waals surface area (Å²) in [5.74, 6) is 0.00875. The van der Waals surface area contributed by atoms with Crippen LogP contribution in [0.25, 0.3) is 0 Å². The number of rotatable bonds is 3. The summed E-state index contributed by atoms with van der Waals surface area (Å²) < 4.78 is 0.734. The van der Waals surface area contributed by atoms with E-state index in [1.165, 1.54) is 11.3 Å². The highest BCUT2D eigenvalue weighted by Crippen LogP contribution is 2.16. The van der Waals surface area contributed by atoms with Crippen molar-refractivity contribution in [2.75, 3.05) is 6.54 Å². The molecule has 0 spiro atoms. The van der Waals surface area contributed by atoms with Crippen molar-refractivity contribution < 1.29 is 4.79 Å². The zero-order valence-corrected chi connectivity index (χ0v) is 8.11. The van der Waals surface area contributed by atoms with Gasteiger partial charge in [-0.3, -0.25) is 4.79 Å². The molecule has 0 saturated heterocycles. The molecule has 0 radical (unpaired) electrons. The summed E-state index contributed by atoms with van der Waals surface area (Å²) in [5, 5.41) is 1.72. The number of carbonyl (C=O) groups excluding carboxylic acids is 1. The van der Waals surface area contributed by atoms with E-state index in [0.29, 0.717) is 18.7 Å². The summed E-state index contributed by atoms with van der Waals surface area (Å²) in [6.45, 7) is 0.383. The third kappa shape index (κ3) is 2.36. The molecular weight excluding hydrogens is 228 g/mol. The lowest BCUT2D eigenvalue weighted by Gasteiger charge is -1.90. The highest BCUT2D eigenvalue weighted by atomic mass is 79.9. The normalized spacial score (nSPS) is 10.0. The number of nitrogens with zero attached hydrogens (tertiary/aromatic N) is 1. The fourth-order valence-corrected chi connectivity index (χ4v) is 1.65. The quantitative estimate of drug-likeness (QED) is 0.806. The number of thiazole rings is 1. The Bertz CT molecular complexity index is 261. The monoisotopic (exact) mass is 234 g/mol. The second-order valence-corrected chi connectivity index (χ2v) is 4.08. The molecule has 0 unspecified atom stereocenters. The van der Waals surface area contributed by atoms with Gasteiger partial charge in [-0.05, 0) is 22.5 Å². The van der Waals surface area contributed by atoms with Crippen LogP contribution in [0.5, 0.6) is 0 Å². The molecule has 1 rings (SSSR count). The highest BCUT2D eigenvalue weighted by molar-refractivity contribution is 9.11. The standard InChI is InChI=1S/C6H7BrN2OS/c7-6-9-4(3-11-6)5(10)1-2-8/h3H,1-2,8H2. The summed E-state index contributed by atoms with van der Waals surface area (Å²) >= 11 is 4.58. The predicted molar refractivity (Wildman–Crippen MR) is 47.8 cm³/mol. The van der Waals surface area contributed by atoms with Crippen LogP contribution in [0.2, 0.25) is 0 Å². The number of aromatic nitrogens is 1. The molecule has 0 amide bonds. The minimum atomic E-state index is 0.00875. The Morgan fingerprint density at radius 3 is 3.00 bits per heavy atom. The summed E-state index contributed by atoms with van der Waals surface area (Å²) in [5.41, 5.74) is 5.72. The molecule has 0 aromatic carbocycles. The van der Waals surface area contributed by atoms with Gasteiger partial charge < -0.3 is 5.73 Å². The molecule has 5 heteroatoms. The van der Waals surface area contributed by atoms with Gasteiger partial charge in [-0.15, -0.1) is 11.3 Å². The lowest BCUT2D eigenvalue weighted by molar-refractivity contribution is 0.0981. The van der Waals surface area contributed by atoms with Crippen LogP contribution in [0.4, 0.5) is 0 Å². The van der Waals surface area contributed by atoms with Crippen molar-refractivity contribution in [3.63, 3.8) is 0 Å². The first-order valence-corrected chi connectivity index (χ1v) is 4.75. The van der Waals surface area contributed by atoms with Crippen molar-refractivity contribution in [2.45, 2.75) is 6.42 Å². The topological polar surface area (TPSA) is 56.0 Å². The lowest BCUT2D eigenvalue weighted by Crippen LogP contribution is -2.08. The molecule has 0 bridgehead atoms. The van der Waals surface area contributed by atoms with E-state index < -0.39 is 0 Å². The lowest BCUT2D eigenvalue weighted by atomic mass is 10.2. The summed E-state index contributed by atoms with van der Waals surface area (Å²) in [6, 6.07) is 0. The van der Waals surface area contributed by atoms with Crippen LogP contribution in [-0.4, -0.2) is 17.3 Å². The van der Waals surface area contributed by atoms with Crippen molar-refractivity contribution in [3.05, 3.63) is 15.0 Å². The van der Waals surface area contributed by atoms with Gasteiger partial charge in [-0.2, -0.15) is 0 Å². The molecule has 0 aliphatic rings. The van der Waals surface area contributed by atoms with Crippen LogP contribution in [0.15, 0.2) is 9.30 Å². The van der Waals surface area contributed by atoms with Gasteiger partial charge in [0.25, 0.3) is 0 Å². The Kier molecular flexibility index (Phi) is 3.16. The first kappa shape index (κ1) is 8.83. The minimum Gasteiger partial charge on any atom is -0.330 e. The molecule has 0 aliphatic heterocycles. The van der Waals surface area contributed by atoms with Crippen LogP contribution in [0, 0.1) is 0 Å². The Balaban J connectivity index is 2.69. The highest BCUT2D eigenvalue weighted by Gasteiger charge is 2.07. The van der Waals surface area contributed by atoms with E-state index >= 15 is 0 Å². The Morgan fingerprint density at radius 1 is 1.82 bits per heavy atom. The number of carbonyl (C=O) groups is 1. The molecule has 0 fully saturated rings. The summed E-state index contributed by atoms with van der Waals surface area (Å²) in [6.07, 6.45) is 0.371. The van der Waals surface area contributed by atoms with Gasteiger partial charge >= 0.3 is 0 Å². The number of nitrogens with two attached hydrogens (primary N) is 1. The molecule has 11 heavy (non-hydrogen) atoms. The molecule has 0 atom stereocenters. The van der Waals surface area contributed by atoms with Crippen LogP contribution in [0.3, 0.4) is 0 Å². The molecular formula is C6H7BrN2OS. The number of hydrogen-bond donors (Lipinski definition) is 1. The van der Waals surface area contributed by atoms with E-state index in [9.17, 15) is 4.79 Å². The predicted octanol–water partition coefficient (Wildman–Crippen LogP) is 1.44. The fourth-order valence-electron chi connectivity index (χ4n) is 0.639. The second-order valence-electron chi connectivity index (χ2n) is 1.95. The maximum atomic E-state index is 11.1. The van der Waals surface area contributed by atoms with Gasteiger partial charge in [0.1, 0.15) is 5.69 Å².